The highest BCUT2D eigenvalue weighted by Crippen LogP contribution is 2.48. The maximum absolute atomic E-state index is 12.8. The van der Waals surface area contributed by atoms with E-state index in [2.05, 4.69) is 0 Å². The molecule has 3 nitrogen and oxygen atoms in total. The van der Waals surface area contributed by atoms with E-state index < -0.39 is 29.8 Å². The van der Waals surface area contributed by atoms with Gasteiger partial charge in [-0.25, -0.2) is 4.79 Å². The third-order valence-corrected chi connectivity index (χ3v) is 3.56. The van der Waals surface area contributed by atoms with Crippen molar-refractivity contribution in [2.75, 3.05) is 0 Å². The van der Waals surface area contributed by atoms with Crippen molar-refractivity contribution >= 4 is 6.09 Å². The lowest BCUT2D eigenvalue weighted by Gasteiger charge is -2.28. The van der Waals surface area contributed by atoms with Crippen molar-refractivity contribution in [2.24, 2.45) is 5.92 Å². The normalized spacial score (nSPS) is 31.9. The van der Waals surface area contributed by atoms with E-state index in [1.54, 1.807) is 20.8 Å². The number of hydrogen-bond donors (Lipinski definition) is 0. The van der Waals surface area contributed by atoms with Crippen LogP contribution in [0.2, 0.25) is 0 Å². The van der Waals surface area contributed by atoms with Crippen molar-refractivity contribution in [3.8, 4) is 0 Å². The Balaban J connectivity index is 2.10. The summed E-state index contributed by atoms with van der Waals surface area (Å²) in [7, 11) is 0. The molecule has 104 valence electrons. The van der Waals surface area contributed by atoms with Crippen LogP contribution in [-0.2, 0) is 4.74 Å². The van der Waals surface area contributed by atoms with Crippen molar-refractivity contribution in [1.82, 2.24) is 4.90 Å². The average molecular weight is 265 g/mol. The molecule has 0 N–H and O–H groups in total. The lowest BCUT2D eigenvalue weighted by molar-refractivity contribution is -0.181. The molecule has 0 aromatic heterocycles. The second-order valence-corrected chi connectivity index (χ2v) is 6.07. The van der Waals surface area contributed by atoms with E-state index in [0.717, 1.165) is 0 Å². The summed E-state index contributed by atoms with van der Waals surface area (Å²) in [4.78, 5) is 13.2. The Morgan fingerprint density at radius 3 is 2.28 bits per heavy atom. The predicted molar refractivity (Wildman–Crippen MR) is 59.0 cm³/mol. The van der Waals surface area contributed by atoms with Crippen LogP contribution in [0.15, 0.2) is 0 Å². The standard InChI is InChI=1S/C12H18F3NO2/c1-11(2,3)18-10(17)16-7-4-5-9(16)8(6-7)12(13,14)15/h7-9H,4-6H2,1-3H3/t7-,8?,9+/m1/s1. The number of alkyl halides is 3. The van der Waals surface area contributed by atoms with Crippen LogP contribution in [0.5, 0.6) is 0 Å². The number of rotatable bonds is 0. The molecule has 1 amide bonds. The van der Waals surface area contributed by atoms with Gasteiger partial charge >= 0.3 is 12.3 Å². The Hall–Kier alpha value is -0.940. The zero-order chi connectivity index (χ0) is 13.7. The number of amides is 1. The van der Waals surface area contributed by atoms with Gasteiger partial charge in [-0.15, -0.1) is 0 Å². The van der Waals surface area contributed by atoms with Gasteiger partial charge in [0.05, 0.1) is 5.92 Å². The van der Waals surface area contributed by atoms with E-state index in [9.17, 15) is 18.0 Å². The number of ether oxygens (including phenoxy) is 1. The minimum atomic E-state index is -4.22. The molecule has 0 radical (unpaired) electrons. The number of nitrogens with zero attached hydrogens (tertiary/aromatic N) is 1. The second-order valence-electron chi connectivity index (χ2n) is 6.07. The fourth-order valence-corrected chi connectivity index (χ4v) is 2.94. The molecule has 2 heterocycles. The Morgan fingerprint density at radius 1 is 1.22 bits per heavy atom. The minimum Gasteiger partial charge on any atom is -0.444 e. The molecule has 6 heteroatoms. The first kappa shape index (κ1) is 13.5. The molecule has 0 saturated carbocycles. The maximum atomic E-state index is 12.8. The summed E-state index contributed by atoms with van der Waals surface area (Å²) in [5, 5.41) is 0. The van der Waals surface area contributed by atoms with Crippen molar-refractivity contribution in [1.29, 1.82) is 0 Å². The van der Waals surface area contributed by atoms with Crippen LogP contribution in [0.3, 0.4) is 0 Å². The van der Waals surface area contributed by atoms with E-state index >= 15 is 0 Å². The van der Waals surface area contributed by atoms with Gasteiger partial charge in [0.25, 0.3) is 0 Å². The molecule has 3 atom stereocenters. The van der Waals surface area contributed by atoms with Gasteiger partial charge in [0.2, 0.25) is 0 Å². The fraction of sp³-hybridized carbons (Fsp3) is 0.917. The highest BCUT2D eigenvalue weighted by atomic mass is 19.4. The van der Waals surface area contributed by atoms with Crippen LogP contribution in [0.1, 0.15) is 40.0 Å². The monoisotopic (exact) mass is 265 g/mol. The highest BCUT2D eigenvalue weighted by Gasteiger charge is 2.58. The van der Waals surface area contributed by atoms with Gasteiger partial charge < -0.3 is 9.64 Å². The summed E-state index contributed by atoms with van der Waals surface area (Å²) in [6.45, 7) is 5.14. The van der Waals surface area contributed by atoms with Crippen LogP contribution < -0.4 is 0 Å². The molecule has 2 fully saturated rings. The van der Waals surface area contributed by atoms with Crippen LogP contribution in [-0.4, -0.2) is 34.9 Å². The first-order valence-electron chi connectivity index (χ1n) is 6.17. The third kappa shape index (κ3) is 2.42. The fourth-order valence-electron chi connectivity index (χ4n) is 2.94. The van der Waals surface area contributed by atoms with Crippen LogP contribution in [0, 0.1) is 5.92 Å². The van der Waals surface area contributed by atoms with E-state index in [0.29, 0.717) is 12.8 Å². The van der Waals surface area contributed by atoms with Gasteiger partial charge in [-0.2, -0.15) is 13.2 Å². The minimum absolute atomic E-state index is 0.0212. The van der Waals surface area contributed by atoms with Crippen LogP contribution in [0.25, 0.3) is 0 Å². The zero-order valence-electron chi connectivity index (χ0n) is 10.8. The summed E-state index contributed by atoms with van der Waals surface area (Å²) < 4.78 is 43.6. The van der Waals surface area contributed by atoms with Crippen LogP contribution in [0.4, 0.5) is 18.0 Å². The van der Waals surface area contributed by atoms with Gasteiger partial charge in [0.15, 0.2) is 0 Å². The molecule has 0 aromatic rings. The molecule has 0 aliphatic carbocycles. The van der Waals surface area contributed by atoms with E-state index in [-0.39, 0.29) is 12.5 Å². The quantitative estimate of drug-likeness (QED) is 0.672. The van der Waals surface area contributed by atoms with Crippen molar-refractivity contribution in [2.45, 2.75) is 63.9 Å². The van der Waals surface area contributed by atoms with E-state index in [1.807, 2.05) is 0 Å². The highest BCUT2D eigenvalue weighted by molar-refractivity contribution is 5.70. The summed E-state index contributed by atoms with van der Waals surface area (Å²) >= 11 is 0. The number of halogens is 3. The van der Waals surface area contributed by atoms with E-state index in [4.69, 9.17) is 4.74 Å². The predicted octanol–water partition coefficient (Wildman–Crippen LogP) is 3.34. The van der Waals surface area contributed by atoms with Crippen molar-refractivity contribution in [3.63, 3.8) is 0 Å². The Morgan fingerprint density at radius 2 is 1.83 bits per heavy atom. The number of carbonyl (C=O) groups excluding carboxylic acids is 1. The Kier molecular flexibility index (Phi) is 3.02. The first-order valence-corrected chi connectivity index (χ1v) is 6.17. The average Bonchev–Trinajstić information content (AvgIpc) is 2.69. The topological polar surface area (TPSA) is 29.5 Å². The Bertz CT molecular complexity index is 348. The molecule has 2 bridgehead atoms. The molecule has 2 rings (SSSR count). The number of hydrogen-bond acceptors (Lipinski definition) is 2. The largest absolute Gasteiger partial charge is 0.444 e. The number of fused-ring (bicyclic) bond motifs is 2. The summed E-state index contributed by atoms with van der Waals surface area (Å²) in [6.07, 6.45) is -3.74. The smallest absolute Gasteiger partial charge is 0.410 e. The SMILES string of the molecule is CC(C)(C)OC(=O)N1[C@@H]2CC[C@H]1C(C(F)(F)F)C2. The Labute approximate surface area is 104 Å². The number of carbonyl (C=O) groups is 1. The van der Waals surface area contributed by atoms with Crippen molar-refractivity contribution < 1.29 is 22.7 Å². The molecular formula is C12H18F3NO2. The van der Waals surface area contributed by atoms with E-state index in [1.165, 1.54) is 4.90 Å². The lowest BCUT2D eigenvalue weighted by atomic mass is 9.89. The molecule has 0 aromatic carbocycles. The zero-order valence-corrected chi connectivity index (χ0v) is 10.8. The second kappa shape index (κ2) is 4.03. The van der Waals surface area contributed by atoms with Gasteiger partial charge in [-0.1, -0.05) is 0 Å². The summed E-state index contributed by atoms with van der Waals surface area (Å²) in [5.41, 5.74) is -0.674. The van der Waals surface area contributed by atoms with Crippen LogP contribution >= 0.6 is 0 Å². The molecule has 2 aliphatic heterocycles. The maximum Gasteiger partial charge on any atom is 0.410 e. The molecule has 2 aliphatic rings. The van der Waals surface area contributed by atoms with Crippen molar-refractivity contribution in [3.05, 3.63) is 0 Å². The van der Waals surface area contributed by atoms with Gasteiger partial charge in [-0.3, -0.25) is 0 Å². The van der Waals surface area contributed by atoms with Gasteiger partial charge in [-0.05, 0) is 40.0 Å². The first-order chi connectivity index (χ1) is 8.09. The molecule has 1 unspecified atom stereocenters. The molecule has 0 spiro atoms. The summed E-state index contributed by atoms with van der Waals surface area (Å²) in [5.74, 6) is -1.39. The molecule has 2 saturated heterocycles. The molecule has 18 heavy (non-hydrogen) atoms. The van der Waals surface area contributed by atoms with Gasteiger partial charge in [0, 0.05) is 12.1 Å². The summed E-state index contributed by atoms with van der Waals surface area (Å²) in [6, 6.07) is -1.04. The molecular weight excluding hydrogens is 247 g/mol. The lowest BCUT2D eigenvalue weighted by Crippen LogP contribution is -2.42. The third-order valence-electron chi connectivity index (χ3n) is 3.56. The van der Waals surface area contributed by atoms with Gasteiger partial charge in [0.1, 0.15) is 5.60 Å².